The van der Waals surface area contributed by atoms with Gasteiger partial charge in [-0.2, -0.15) is 0 Å². The minimum Gasteiger partial charge on any atom is -0.495 e. The molecule has 9 heteroatoms. The maximum Gasteiger partial charge on any atom is 0.142 e. The van der Waals surface area contributed by atoms with Gasteiger partial charge in [0.1, 0.15) is 15.3 Å². The first-order valence-corrected chi connectivity index (χ1v) is 15.9. The van der Waals surface area contributed by atoms with Crippen LogP contribution in [-0.4, -0.2) is 89.5 Å². The number of anilines is 2. The summed E-state index contributed by atoms with van der Waals surface area (Å²) in [4.78, 5) is 11.7. The van der Waals surface area contributed by atoms with E-state index in [2.05, 4.69) is 62.9 Å². The first kappa shape index (κ1) is 27.4. The summed E-state index contributed by atoms with van der Waals surface area (Å²) in [6.45, 7) is 12.7. The number of piperazine rings is 2. The zero-order chi connectivity index (χ0) is 26.5. The van der Waals surface area contributed by atoms with Crippen molar-refractivity contribution in [3.63, 3.8) is 0 Å². The standard InChI is InChI=1S/C29H38N4O2S3/c1-22-28(37-38-29(22)36)23(20-30-12-16-32(17-13-30)24-8-4-6-10-26(24)34-2)21-31-14-18-33(19-15-31)25-9-5-7-11-27(25)35-3/h4-11,23H,12-21H2,1-3H3. The van der Waals surface area contributed by atoms with Crippen molar-refractivity contribution in [2.24, 2.45) is 0 Å². The number of hydrogen-bond donors (Lipinski definition) is 0. The average molecular weight is 571 g/mol. The van der Waals surface area contributed by atoms with Crippen molar-refractivity contribution in [1.29, 1.82) is 0 Å². The Morgan fingerprint density at radius 1 is 0.711 bits per heavy atom. The maximum atomic E-state index is 5.65. The zero-order valence-corrected chi connectivity index (χ0v) is 25.0. The van der Waals surface area contributed by atoms with Crippen molar-refractivity contribution < 1.29 is 9.47 Å². The van der Waals surface area contributed by atoms with Crippen LogP contribution in [-0.2, 0) is 0 Å². The number of nitrogens with zero attached hydrogens (tertiary/aromatic N) is 4. The van der Waals surface area contributed by atoms with Crippen LogP contribution in [0.3, 0.4) is 0 Å². The Kier molecular flexibility index (Phi) is 9.22. The monoisotopic (exact) mass is 570 g/mol. The Morgan fingerprint density at radius 3 is 1.55 bits per heavy atom. The summed E-state index contributed by atoms with van der Waals surface area (Å²) >= 11 is 5.65. The lowest BCUT2D eigenvalue weighted by Gasteiger charge is -2.40. The van der Waals surface area contributed by atoms with E-state index in [0.717, 1.165) is 80.8 Å². The minimum atomic E-state index is 0.476. The van der Waals surface area contributed by atoms with Crippen LogP contribution < -0.4 is 19.3 Å². The number of hydrogen-bond acceptors (Lipinski definition) is 9. The molecule has 0 saturated carbocycles. The number of para-hydroxylation sites is 4. The van der Waals surface area contributed by atoms with Gasteiger partial charge in [0.2, 0.25) is 0 Å². The fourth-order valence-corrected chi connectivity index (χ4v) is 8.77. The molecule has 3 aromatic rings. The van der Waals surface area contributed by atoms with Crippen LogP contribution in [0.25, 0.3) is 0 Å². The molecule has 0 aliphatic carbocycles. The summed E-state index contributed by atoms with van der Waals surface area (Å²) in [6, 6.07) is 16.7. The predicted molar refractivity (Wildman–Crippen MR) is 164 cm³/mol. The predicted octanol–water partition coefficient (Wildman–Crippen LogP) is 5.59. The molecule has 2 aliphatic rings. The summed E-state index contributed by atoms with van der Waals surface area (Å²) in [5, 5.41) is 0. The molecule has 3 heterocycles. The van der Waals surface area contributed by atoms with Gasteiger partial charge >= 0.3 is 0 Å². The van der Waals surface area contributed by atoms with Crippen LogP contribution in [0, 0.1) is 10.7 Å². The van der Waals surface area contributed by atoms with Crippen molar-refractivity contribution in [3.05, 3.63) is 62.8 Å². The zero-order valence-electron chi connectivity index (χ0n) is 22.6. The quantitative estimate of drug-likeness (QED) is 0.245. The molecule has 2 aliphatic heterocycles. The van der Waals surface area contributed by atoms with Crippen LogP contribution in [0.2, 0.25) is 0 Å². The number of benzene rings is 2. The second-order valence-corrected chi connectivity index (χ2v) is 12.9. The molecule has 38 heavy (non-hydrogen) atoms. The molecule has 0 amide bonds. The average Bonchev–Trinajstić information content (AvgIpc) is 3.31. The molecule has 0 atom stereocenters. The van der Waals surface area contributed by atoms with Gasteiger partial charge < -0.3 is 19.3 Å². The lowest BCUT2D eigenvalue weighted by Crippen LogP contribution is -2.50. The van der Waals surface area contributed by atoms with E-state index in [-0.39, 0.29) is 0 Å². The fourth-order valence-electron chi connectivity index (χ4n) is 5.65. The summed E-state index contributed by atoms with van der Waals surface area (Å²) in [5.74, 6) is 2.39. The fraction of sp³-hybridized carbons (Fsp3) is 0.483. The highest BCUT2D eigenvalue weighted by atomic mass is 32.9. The Hall–Kier alpha value is -2.17. The van der Waals surface area contributed by atoms with Gasteiger partial charge in [0.15, 0.2) is 0 Å². The highest BCUT2D eigenvalue weighted by Gasteiger charge is 2.28. The van der Waals surface area contributed by atoms with Gasteiger partial charge in [-0.25, -0.2) is 0 Å². The van der Waals surface area contributed by atoms with Crippen LogP contribution in [0.5, 0.6) is 11.5 Å². The molecule has 0 spiro atoms. The second-order valence-electron chi connectivity index (χ2n) is 10.1. The lowest BCUT2D eigenvalue weighted by atomic mass is 10.0. The highest BCUT2D eigenvalue weighted by Crippen LogP contribution is 2.34. The van der Waals surface area contributed by atoms with Gasteiger partial charge in [-0.1, -0.05) is 57.2 Å². The molecular weight excluding hydrogens is 533 g/mol. The normalized spacial score (nSPS) is 17.3. The molecule has 5 rings (SSSR count). The van der Waals surface area contributed by atoms with E-state index in [0.29, 0.717) is 5.92 Å². The van der Waals surface area contributed by atoms with Gasteiger partial charge in [0, 0.05) is 76.2 Å². The highest BCUT2D eigenvalue weighted by molar-refractivity contribution is 7.79. The minimum absolute atomic E-state index is 0.476. The largest absolute Gasteiger partial charge is 0.495 e. The Morgan fingerprint density at radius 2 is 1.16 bits per heavy atom. The first-order chi connectivity index (χ1) is 18.6. The van der Waals surface area contributed by atoms with Gasteiger partial charge in [0.25, 0.3) is 0 Å². The third-order valence-corrected chi connectivity index (χ3v) is 11.3. The van der Waals surface area contributed by atoms with E-state index in [4.69, 9.17) is 21.7 Å². The lowest BCUT2D eigenvalue weighted by molar-refractivity contribution is 0.194. The van der Waals surface area contributed by atoms with Gasteiger partial charge in [-0.3, -0.25) is 9.80 Å². The van der Waals surface area contributed by atoms with Crippen molar-refractivity contribution >= 4 is 44.3 Å². The summed E-state index contributed by atoms with van der Waals surface area (Å²) in [5.41, 5.74) is 3.72. The SMILES string of the molecule is COc1ccccc1N1CCN(CC(CN2CCN(c3ccccc3OC)CC2)c2ssc(=S)c2C)CC1. The second kappa shape index (κ2) is 12.8. The van der Waals surface area contributed by atoms with Gasteiger partial charge in [-0.05, 0) is 36.8 Å². The summed E-state index contributed by atoms with van der Waals surface area (Å²) in [6.07, 6.45) is 0. The molecule has 0 radical (unpaired) electrons. The number of methoxy groups -OCH3 is 2. The first-order valence-electron chi connectivity index (χ1n) is 13.4. The molecule has 2 saturated heterocycles. The molecule has 2 aromatic carbocycles. The summed E-state index contributed by atoms with van der Waals surface area (Å²) in [7, 11) is 7.17. The Bertz CT molecular complexity index is 1180. The molecule has 6 nitrogen and oxygen atoms in total. The van der Waals surface area contributed by atoms with Crippen LogP contribution in [0.4, 0.5) is 11.4 Å². The van der Waals surface area contributed by atoms with Crippen molar-refractivity contribution in [3.8, 4) is 11.5 Å². The number of ether oxygens (including phenoxy) is 2. The third kappa shape index (κ3) is 6.18. The van der Waals surface area contributed by atoms with Crippen molar-refractivity contribution in [2.75, 3.05) is 89.5 Å². The van der Waals surface area contributed by atoms with E-state index in [1.807, 2.05) is 22.5 Å². The molecular formula is C29H38N4O2S3. The van der Waals surface area contributed by atoms with Gasteiger partial charge in [0.05, 0.1) is 25.6 Å². The van der Waals surface area contributed by atoms with Crippen LogP contribution in [0.1, 0.15) is 16.4 Å². The molecule has 0 unspecified atom stereocenters. The molecule has 1 aromatic heterocycles. The molecule has 2 fully saturated rings. The third-order valence-electron chi connectivity index (χ3n) is 7.81. The van der Waals surface area contributed by atoms with Crippen molar-refractivity contribution in [1.82, 2.24) is 9.80 Å². The molecule has 204 valence electrons. The molecule has 0 N–H and O–H groups in total. The van der Waals surface area contributed by atoms with E-state index in [1.165, 1.54) is 21.8 Å². The van der Waals surface area contributed by atoms with Crippen LogP contribution >= 0.6 is 32.9 Å². The summed E-state index contributed by atoms with van der Waals surface area (Å²) < 4.78 is 12.3. The van der Waals surface area contributed by atoms with Crippen molar-refractivity contribution in [2.45, 2.75) is 12.8 Å². The van der Waals surface area contributed by atoms with E-state index < -0.39 is 0 Å². The maximum absolute atomic E-state index is 5.65. The van der Waals surface area contributed by atoms with Gasteiger partial charge in [-0.15, -0.1) is 0 Å². The Labute approximate surface area is 239 Å². The van der Waals surface area contributed by atoms with E-state index in [9.17, 15) is 0 Å². The van der Waals surface area contributed by atoms with Crippen LogP contribution in [0.15, 0.2) is 48.5 Å². The van der Waals surface area contributed by atoms with E-state index in [1.54, 1.807) is 24.6 Å². The molecule has 0 bridgehead atoms. The smallest absolute Gasteiger partial charge is 0.142 e. The topological polar surface area (TPSA) is 31.4 Å². The number of rotatable bonds is 9. The Balaban J connectivity index is 1.23. The van der Waals surface area contributed by atoms with E-state index >= 15 is 0 Å².